The Morgan fingerprint density at radius 3 is 2.68 bits per heavy atom. The first-order chi connectivity index (χ1) is 9.08. The minimum Gasteiger partial charge on any atom is -0.496 e. The van der Waals surface area contributed by atoms with E-state index in [0.717, 1.165) is 5.39 Å². The largest absolute Gasteiger partial charge is 0.496 e. The van der Waals surface area contributed by atoms with Crippen LogP contribution in [-0.4, -0.2) is 30.3 Å². The van der Waals surface area contributed by atoms with Gasteiger partial charge in [-0.15, -0.1) is 0 Å². The van der Waals surface area contributed by atoms with E-state index in [-0.39, 0.29) is 5.69 Å². The van der Waals surface area contributed by atoms with Crippen LogP contribution in [0.15, 0.2) is 24.3 Å². The molecule has 0 fully saturated rings. The van der Waals surface area contributed by atoms with Crippen molar-refractivity contribution in [3.05, 3.63) is 35.5 Å². The molecule has 1 atom stereocenters. The van der Waals surface area contributed by atoms with Crippen LogP contribution < -0.4 is 4.74 Å². The summed E-state index contributed by atoms with van der Waals surface area (Å²) in [5.41, 5.74) is 1.33. The van der Waals surface area contributed by atoms with Gasteiger partial charge < -0.3 is 14.6 Å². The zero-order valence-electron chi connectivity index (χ0n) is 11.0. The van der Waals surface area contributed by atoms with E-state index in [1.54, 1.807) is 13.0 Å². The van der Waals surface area contributed by atoms with E-state index in [0.29, 0.717) is 16.8 Å². The second-order valence-corrected chi connectivity index (χ2v) is 4.12. The number of benzene rings is 1. The van der Waals surface area contributed by atoms with E-state index in [4.69, 9.17) is 4.74 Å². The number of ether oxygens (including phenoxy) is 2. The van der Waals surface area contributed by atoms with Gasteiger partial charge in [0.25, 0.3) is 0 Å². The average molecular weight is 261 g/mol. The van der Waals surface area contributed by atoms with E-state index in [1.165, 1.54) is 20.3 Å². The molecule has 100 valence electrons. The van der Waals surface area contributed by atoms with Gasteiger partial charge in [-0.05, 0) is 13.0 Å². The Morgan fingerprint density at radius 1 is 1.37 bits per heavy atom. The minimum absolute atomic E-state index is 0.153. The van der Waals surface area contributed by atoms with Gasteiger partial charge in [0.15, 0.2) is 5.69 Å². The third kappa shape index (κ3) is 2.37. The third-order valence-corrected chi connectivity index (χ3v) is 2.90. The number of para-hydroxylation sites is 1. The second kappa shape index (κ2) is 5.24. The predicted octanol–water partition coefficient (Wildman–Crippen LogP) is 2.08. The molecule has 5 heteroatoms. The molecule has 0 aliphatic rings. The van der Waals surface area contributed by atoms with Crippen LogP contribution in [0.1, 0.15) is 29.1 Å². The normalized spacial score (nSPS) is 12.2. The number of fused-ring (bicyclic) bond motifs is 1. The molecule has 2 rings (SSSR count). The number of esters is 1. The number of aromatic nitrogens is 1. The highest BCUT2D eigenvalue weighted by atomic mass is 16.5. The molecule has 2 aromatic rings. The van der Waals surface area contributed by atoms with Crippen molar-refractivity contribution in [1.29, 1.82) is 0 Å². The van der Waals surface area contributed by atoms with Crippen molar-refractivity contribution >= 4 is 16.9 Å². The van der Waals surface area contributed by atoms with E-state index < -0.39 is 12.1 Å². The van der Waals surface area contributed by atoms with E-state index in [9.17, 15) is 9.90 Å². The Hall–Kier alpha value is -2.14. The summed E-state index contributed by atoms with van der Waals surface area (Å²) in [5.74, 6) is -0.0199. The number of carbonyl (C=O) groups excluding carboxylic acids is 1. The molecule has 5 nitrogen and oxygen atoms in total. The van der Waals surface area contributed by atoms with Crippen LogP contribution in [0.3, 0.4) is 0 Å². The van der Waals surface area contributed by atoms with E-state index in [1.807, 2.05) is 12.1 Å². The smallest absolute Gasteiger partial charge is 0.356 e. The molecule has 1 aromatic carbocycles. The monoisotopic (exact) mass is 261 g/mol. The van der Waals surface area contributed by atoms with Crippen molar-refractivity contribution in [3.8, 4) is 5.75 Å². The Kier molecular flexibility index (Phi) is 3.66. The summed E-state index contributed by atoms with van der Waals surface area (Å²) >= 11 is 0. The van der Waals surface area contributed by atoms with Gasteiger partial charge in [-0.2, -0.15) is 0 Å². The summed E-state index contributed by atoms with van der Waals surface area (Å²) in [6, 6.07) is 6.93. The van der Waals surface area contributed by atoms with Crippen LogP contribution in [0.5, 0.6) is 5.75 Å². The fourth-order valence-corrected chi connectivity index (χ4v) is 1.95. The zero-order valence-corrected chi connectivity index (χ0v) is 11.0. The number of aliphatic hydroxyl groups excluding tert-OH is 1. The molecule has 0 radical (unpaired) electrons. The molecule has 0 aliphatic carbocycles. The van der Waals surface area contributed by atoms with Gasteiger partial charge in [0.05, 0.1) is 25.8 Å². The summed E-state index contributed by atoms with van der Waals surface area (Å²) in [7, 11) is 2.81. The van der Waals surface area contributed by atoms with Crippen LogP contribution in [0, 0.1) is 0 Å². The molecule has 1 heterocycles. The number of methoxy groups -OCH3 is 2. The minimum atomic E-state index is -0.686. The van der Waals surface area contributed by atoms with Crippen LogP contribution in [-0.2, 0) is 4.74 Å². The number of hydrogen-bond donors (Lipinski definition) is 1. The van der Waals surface area contributed by atoms with Crippen molar-refractivity contribution in [3.63, 3.8) is 0 Å². The summed E-state index contributed by atoms with van der Waals surface area (Å²) in [6.07, 6.45) is -0.686. The summed E-state index contributed by atoms with van der Waals surface area (Å²) in [6.45, 7) is 1.65. The first kappa shape index (κ1) is 13.3. The fourth-order valence-electron chi connectivity index (χ4n) is 1.95. The molecular formula is C14H15NO4. The molecule has 1 aromatic heterocycles. The van der Waals surface area contributed by atoms with E-state index >= 15 is 0 Å². The van der Waals surface area contributed by atoms with Crippen LogP contribution >= 0.6 is 0 Å². The van der Waals surface area contributed by atoms with Crippen molar-refractivity contribution in [1.82, 2.24) is 4.98 Å². The highest BCUT2D eigenvalue weighted by Crippen LogP contribution is 2.30. The molecule has 0 spiro atoms. The number of aliphatic hydroxyl groups is 1. The third-order valence-electron chi connectivity index (χ3n) is 2.90. The SMILES string of the molecule is COC(=O)c1cc(OC)c2cccc(C(C)O)c2n1. The summed E-state index contributed by atoms with van der Waals surface area (Å²) < 4.78 is 9.93. The Morgan fingerprint density at radius 2 is 2.11 bits per heavy atom. The van der Waals surface area contributed by atoms with Crippen molar-refractivity contribution < 1.29 is 19.4 Å². The van der Waals surface area contributed by atoms with Crippen LogP contribution in [0.4, 0.5) is 0 Å². The number of pyridine rings is 1. The number of carbonyl (C=O) groups is 1. The summed E-state index contributed by atoms with van der Waals surface area (Å²) in [4.78, 5) is 15.9. The van der Waals surface area contributed by atoms with Gasteiger partial charge in [0, 0.05) is 17.0 Å². The molecule has 0 amide bonds. The van der Waals surface area contributed by atoms with E-state index in [2.05, 4.69) is 9.72 Å². The topological polar surface area (TPSA) is 68.7 Å². The molecule has 0 aliphatic heterocycles. The lowest BCUT2D eigenvalue weighted by Gasteiger charge is -2.12. The Balaban J connectivity index is 2.78. The van der Waals surface area contributed by atoms with Gasteiger partial charge in [0.2, 0.25) is 0 Å². The van der Waals surface area contributed by atoms with Gasteiger partial charge in [-0.1, -0.05) is 12.1 Å². The standard InChI is InChI=1S/C14H15NO4/c1-8(16)9-5-4-6-10-12(18-2)7-11(14(17)19-3)15-13(9)10/h4-8,16H,1-3H3. The van der Waals surface area contributed by atoms with Gasteiger partial charge in [-0.3, -0.25) is 0 Å². The Labute approximate surface area is 110 Å². The quantitative estimate of drug-likeness (QED) is 0.857. The zero-order chi connectivity index (χ0) is 14.0. The molecule has 0 saturated heterocycles. The van der Waals surface area contributed by atoms with Crippen molar-refractivity contribution in [2.45, 2.75) is 13.0 Å². The van der Waals surface area contributed by atoms with Gasteiger partial charge in [-0.25, -0.2) is 9.78 Å². The highest BCUT2D eigenvalue weighted by molar-refractivity contribution is 5.95. The van der Waals surface area contributed by atoms with Gasteiger partial charge in [0.1, 0.15) is 5.75 Å². The lowest BCUT2D eigenvalue weighted by Crippen LogP contribution is -2.06. The first-order valence-electron chi connectivity index (χ1n) is 5.82. The number of nitrogens with zero attached hydrogens (tertiary/aromatic N) is 1. The number of hydrogen-bond acceptors (Lipinski definition) is 5. The fraction of sp³-hybridized carbons (Fsp3) is 0.286. The van der Waals surface area contributed by atoms with Crippen molar-refractivity contribution in [2.75, 3.05) is 14.2 Å². The van der Waals surface area contributed by atoms with Crippen LogP contribution in [0.2, 0.25) is 0 Å². The lowest BCUT2D eigenvalue weighted by atomic mass is 10.0. The number of rotatable bonds is 3. The molecule has 19 heavy (non-hydrogen) atoms. The summed E-state index contributed by atoms with van der Waals surface area (Å²) in [5, 5.41) is 10.5. The Bertz CT molecular complexity index is 622. The molecule has 1 N–H and O–H groups in total. The molecular weight excluding hydrogens is 246 g/mol. The highest BCUT2D eigenvalue weighted by Gasteiger charge is 2.16. The molecule has 1 unspecified atom stereocenters. The maximum Gasteiger partial charge on any atom is 0.356 e. The molecule has 0 saturated carbocycles. The van der Waals surface area contributed by atoms with Crippen molar-refractivity contribution in [2.24, 2.45) is 0 Å². The average Bonchev–Trinajstić information content (AvgIpc) is 2.44. The second-order valence-electron chi connectivity index (χ2n) is 4.12. The maximum atomic E-state index is 11.6. The lowest BCUT2D eigenvalue weighted by molar-refractivity contribution is 0.0594. The predicted molar refractivity (Wildman–Crippen MR) is 70.3 cm³/mol. The maximum absolute atomic E-state index is 11.6. The van der Waals surface area contributed by atoms with Gasteiger partial charge >= 0.3 is 5.97 Å². The first-order valence-corrected chi connectivity index (χ1v) is 5.82. The van der Waals surface area contributed by atoms with Crippen LogP contribution in [0.25, 0.3) is 10.9 Å². The molecule has 0 bridgehead atoms.